The molecular weight excluding hydrogens is 379 g/mol. The summed E-state index contributed by atoms with van der Waals surface area (Å²) < 4.78 is 13.9. The Labute approximate surface area is 174 Å². The van der Waals surface area contributed by atoms with Crippen molar-refractivity contribution in [3.63, 3.8) is 0 Å². The minimum absolute atomic E-state index is 0.186. The topological polar surface area (TPSA) is 59.8 Å². The number of rotatable bonds is 6. The molecule has 1 heterocycles. The number of amides is 1. The van der Waals surface area contributed by atoms with Gasteiger partial charge in [-0.2, -0.15) is 9.90 Å². The largest absolute Gasteiger partial charge is 0.340 e. The molecule has 0 saturated heterocycles. The van der Waals surface area contributed by atoms with Crippen molar-refractivity contribution in [2.45, 2.75) is 19.4 Å². The molecule has 0 aliphatic rings. The van der Waals surface area contributed by atoms with Gasteiger partial charge in [-0.05, 0) is 47.4 Å². The highest BCUT2D eigenvalue weighted by atomic mass is 19.1. The van der Waals surface area contributed by atoms with E-state index in [2.05, 4.69) is 22.4 Å². The van der Waals surface area contributed by atoms with Crippen LogP contribution in [0.3, 0.4) is 0 Å². The number of nitrogens with zero attached hydrogens (tertiary/aromatic N) is 3. The molecular formula is C24H21FN4O. The number of carbonyl (C=O) groups is 1. The van der Waals surface area contributed by atoms with Gasteiger partial charge in [-0.3, -0.25) is 4.79 Å². The molecule has 0 spiro atoms. The van der Waals surface area contributed by atoms with Gasteiger partial charge >= 0.3 is 0 Å². The summed E-state index contributed by atoms with van der Waals surface area (Å²) in [5, 5.41) is 11.4. The van der Waals surface area contributed by atoms with E-state index in [-0.39, 0.29) is 17.4 Å². The Bertz CT molecular complexity index is 1140. The van der Waals surface area contributed by atoms with Crippen LogP contribution in [-0.2, 0) is 6.42 Å². The van der Waals surface area contributed by atoms with Crippen molar-refractivity contribution in [1.82, 2.24) is 20.3 Å². The second-order valence-corrected chi connectivity index (χ2v) is 6.91. The number of hydrogen-bond acceptors (Lipinski definition) is 3. The van der Waals surface area contributed by atoms with Gasteiger partial charge in [0.05, 0.1) is 17.9 Å². The first-order chi connectivity index (χ1) is 14.6. The molecule has 1 unspecified atom stereocenters. The monoisotopic (exact) mass is 400 g/mol. The Kier molecular flexibility index (Phi) is 5.66. The van der Waals surface area contributed by atoms with Crippen molar-refractivity contribution < 1.29 is 9.18 Å². The summed E-state index contributed by atoms with van der Waals surface area (Å²) in [5.74, 6) is -0.738. The Morgan fingerprint density at radius 2 is 1.77 bits per heavy atom. The van der Waals surface area contributed by atoms with E-state index in [9.17, 15) is 9.18 Å². The van der Waals surface area contributed by atoms with E-state index in [0.29, 0.717) is 5.56 Å². The lowest BCUT2D eigenvalue weighted by Crippen LogP contribution is -2.29. The predicted molar refractivity (Wildman–Crippen MR) is 113 cm³/mol. The lowest BCUT2D eigenvalue weighted by Gasteiger charge is -2.20. The first kappa shape index (κ1) is 19.5. The fraction of sp³-hybridized carbons (Fsp3) is 0.125. The third-order valence-electron chi connectivity index (χ3n) is 4.89. The van der Waals surface area contributed by atoms with Crippen LogP contribution in [0.15, 0.2) is 85.1 Å². The quantitative estimate of drug-likeness (QED) is 0.519. The van der Waals surface area contributed by atoms with Gasteiger partial charge in [0.25, 0.3) is 5.91 Å². The van der Waals surface area contributed by atoms with Gasteiger partial charge in [0.2, 0.25) is 0 Å². The van der Waals surface area contributed by atoms with Crippen molar-refractivity contribution in [3.8, 4) is 5.69 Å². The van der Waals surface area contributed by atoms with Gasteiger partial charge in [-0.25, -0.2) is 4.39 Å². The lowest BCUT2D eigenvalue weighted by atomic mass is 9.97. The number of halogens is 1. The maximum absolute atomic E-state index is 13.9. The summed E-state index contributed by atoms with van der Waals surface area (Å²) in [7, 11) is 0. The molecule has 0 aliphatic carbocycles. The zero-order chi connectivity index (χ0) is 20.9. The molecule has 30 heavy (non-hydrogen) atoms. The average molecular weight is 400 g/mol. The van der Waals surface area contributed by atoms with Crippen LogP contribution in [0.5, 0.6) is 0 Å². The fourth-order valence-electron chi connectivity index (χ4n) is 3.25. The summed E-state index contributed by atoms with van der Waals surface area (Å²) in [6.07, 6.45) is 2.34. The number of aromatic nitrogens is 3. The van der Waals surface area contributed by atoms with Gasteiger partial charge in [0, 0.05) is 0 Å². The van der Waals surface area contributed by atoms with Gasteiger partial charge in [-0.15, -0.1) is 5.10 Å². The second-order valence-electron chi connectivity index (χ2n) is 6.91. The summed E-state index contributed by atoms with van der Waals surface area (Å²) >= 11 is 0. The zero-order valence-electron chi connectivity index (χ0n) is 16.5. The van der Waals surface area contributed by atoms with E-state index < -0.39 is 6.04 Å². The minimum Gasteiger partial charge on any atom is -0.340 e. The molecule has 3 aromatic carbocycles. The van der Waals surface area contributed by atoms with E-state index in [4.69, 9.17) is 0 Å². The number of nitrogens with one attached hydrogen (secondary N) is 1. The molecule has 0 bridgehead atoms. The first-order valence-corrected chi connectivity index (χ1v) is 9.77. The third-order valence-corrected chi connectivity index (χ3v) is 4.89. The summed E-state index contributed by atoms with van der Waals surface area (Å²) in [6.45, 7) is 2.08. The van der Waals surface area contributed by atoms with Gasteiger partial charge in [0.15, 0.2) is 5.69 Å². The molecule has 6 heteroatoms. The molecule has 5 nitrogen and oxygen atoms in total. The smallest absolute Gasteiger partial charge is 0.274 e. The Morgan fingerprint density at radius 3 is 2.47 bits per heavy atom. The van der Waals surface area contributed by atoms with Crippen molar-refractivity contribution in [2.24, 2.45) is 0 Å². The summed E-state index contributed by atoms with van der Waals surface area (Å²) in [5.41, 5.74) is 3.65. The number of aryl methyl sites for hydroxylation is 1. The Morgan fingerprint density at radius 1 is 1.00 bits per heavy atom. The molecule has 4 rings (SSSR count). The zero-order valence-corrected chi connectivity index (χ0v) is 16.5. The highest BCUT2D eigenvalue weighted by molar-refractivity contribution is 5.92. The maximum Gasteiger partial charge on any atom is 0.274 e. The normalized spacial score (nSPS) is 11.8. The lowest BCUT2D eigenvalue weighted by molar-refractivity contribution is 0.0937. The third kappa shape index (κ3) is 4.27. The van der Waals surface area contributed by atoms with Crippen LogP contribution in [0.2, 0.25) is 0 Å². The van der Waals surface area contributed by atoms with Crippen molar-refractivity contribution in [3.05, 3.63) is 113 Å². The SMILES string of the molecule is CCc1ccc(C(NC(=O)c2cnn(-c3ccccc3)n2)c2cccc(F)c2)cc1. The molecule has 1 atom stereocenters. The molecule has 1 amide bonds. The highest BCUT2D eigenvalue weighted by Gasteiger charge is 2.20. The summed E-state index contributed by atoms with van der Waals surface area (Å²) in [4.78, 5) is 14.3. The average Bonchev–Trinajstić information content (AvgIpc) is 3.29. The number of carbonyl (C=O) groups excluding carboxylic acids is 1. The van der Waals surface area contributed by atoms with Crippen LogP contribution in [-0.4, -0.2) is 20.9 Å². The van der Waals surface area contributed by atoms with Crippen LogP contribution in [0.4, 0.5) is 4.39 Å². The van der Waals surface area contributed by atoms with E-state index >= 15 is 0 Å². The molecule has 150 valence electrons. The number of hydrogen-bond donors (Lipinski definition) is 1. The summed E-state index contributed by atoms with van der Waals surface area (Å²) in [6, 6.07) is 23.0. The van der Waals surface area contributed by atoms with E-state index in [1.54, 1.807) is 12.1 Å². The van der Waals surface area contributed by atoms with Gasteiger partial charge < -0.3 is 5.32 Å². The fourth-order valence-corrected chi connectivity index (χ4v) is 3.25. The van der Waals surface area contributed by atoms with Gasteiger partial charge in [0.1, 0.15) is 5.82 Å². The highest BCUT2D eigenvalue weighted by Crippen LogP contribution is 2.24. The van der Waals surface area contributed by atoms with Gasteiger partial charge in [-0.1, -0.05) is 61.5 Å². The van der Waals surface area contributed by atoms with E-state index in [1.807, 2.05) is 54.6 Å². The minimum atomic E-state index is -0.513. The van der Waals surface area contributed by atoms with Crippen LogP contribution >= 0.6 is 0 Å². The van der Waals surface area contributed by atoms with E-state index in [0.717, 1.165) is 17.7 Å². The maximum atomic E-state index is 13.9. The number of benzene rings is 3. The Hall–Kier alpha value is -3.80. The van der Waals surface area contributed by atoms with Crippen LogP contribution in [0, 0.1) is 5.82 Å². The molecule has 0 radical (unpaired) electrons. The van der Waals surface area contributed by atoms with Crippen LogP contribution in [0.25, 0.3) is 5.69 Å². The molecule has 0 saturated carbocycles. The van der Waals surface area contributed by atoms with E-state index in [1.165, 1.54) is 28.7 Å². The predicted octanol–water partition coefficient (Wildman–Crippen LogP) is 4.49. The first-order valence-electron chi connectivity index (χ1n) is 9.77. The molecule has 0 fully saturated rings. The number of para-hydroxylation sites is 1. The molecule has 4 aromatic rings. The van der Waals surface area contributed by atoms with Crippen LogP contribution < -0.4 is 5.32 Å². The van der Waals surface area contributed by atoms with Crippen LogP contribution in [0.1, 0.15) is 40.1 Å². The molecule has 0 aliphatic heterocycles. The van der Waals surface area contributed by atoms with Crippen molar-refractivity contribution in [2.75, 3.05) is 0 Å². The van der Waals surface area contributed by atoms with Crippen molar-refractivity contribution >= 4 is 5.91 Å². The molecule has 1 aromatic heterocycles. The second kappa shape index (κ2) is 8.69. The molecule has 1 N–H and O–H groups in total. The van der Waals surface area contributed by atoms with Crippen molar-refractivity contribution in [1.29, 1.82) is 0 Å². The Balaban J connectivity index is 1.63. The standard InChI is InChI=1S/C24H21FN4O/c1-2-17-11-13-18(14-12-17)23(19-7-6-8-20(25)15-19)27-24(30)22-16-26-29(28-22)21-9-4-3-5-10-21/h3-16,23H,2H2,1H3,(H,27,30).